The van der Waals surface area contributed by atoms with Gasteiger partial charge in [0.05, 0.1) is 12.1 Å². The molecule has 1 aromatic heterocycles. The molecule has 0 saturated carbocycles. The highest BCUT2D eigenvalue weighted by Crippen LogP contribution is 2.39. The number of fused-ring (bicyclic) bond motifs is 4. The van der Waals surface area contributed by atoms with Crippen LogP contribution in [0.4, 0.5) is 0 Å². The number of hydrogen-bond acceptors (Lipinski definition) is 6. The molecule has 4 atom stereocenters. The minimum absolute atomic E-state index is 0.0141. The first kappa shape index (κ1) is 37.9. The molecular formula is C45H45N5O6. The standard InChI is InChI=1S/C45H45N5O6/c1-27(51)30-19-20-35-32(23-30)25-37(47-35)43(54)49-38-24-31-15-8-9-16-33(31)39-17-10-18-40(50(39)45(38)56)44(55)48-36(21-22-42(46)53)41(52)26-34(28-11-4-2-5-12-28)29-13-6-3-7-14-29/h2-9,11-16,19-20,23,25,34,36,38-40,47H,10,17-18,21-22,24,26H2,1H3,(H2,46,53)(H,48,55)(H,49,54)/t36-,38-,39+,40-/m0/s1. The van der Waals surface area contributed by atoms with Crippen LogP contribution in [-0.4, -0.2) is 63.2 Å². The zero-order chi connectivity index (χ0) is 39.3. The van der Waals surface area contributed by atoms with Crippen LogP contribution in [0.5, 0.6) is 0 Å². The average Bonchev–Trinajstić information content (AvgIpc) is 3.61. The molecule has 56 heavy (non-hydrogen) atoms. The van der Waals surface area contributed by atoms with Gasteiger partial charge >= 0.3 is 0 Å². The van der Waals surface area contributed by atoms with E-state index in [1.54, 1.807) is 29.2 Å². The molecular weight excluding hydrogens is 707 g/mol. The second-order valence-corrected chi connectivity index (χ2v) is 14.8. The molecule has 1 saturated heterocycles. The predicted molar refractivity (Wildman–Crippen MR) is 212 cm³/mol. The number of aromatic nitrogens is 1. The van der Waals surface area contributed by atoms with Gasteiger partial charge in [-0.1, -0.05) is 84.9 Å². The number of primary amides is 1. The fourth-order valence-electron chi connectivity index (χ4n) is 8.24. The Kier molecular flexibility index (Phi) is 11.2. The van der Waals surface area contributed by atoms with Crippen molar-refractivity contribution in [1.29, 1.82) is 0 Å². The summed E-state index contributed by atoms with van der Waals surface area (Å²) in [7, 11) is 0. The van der Waals surface area contributed by atoms with Crippen LogP contribution in [0.25, 0.3) is 10.9 Å². The molecule has 0 aliphatic carbocycles. The second kappa shape index (κ2) is 16.6. The summed E-state index contributed by atoms with van der Waals surface area (Å²) in [6, 6.07) is 30.4. The van der Waals surface area contributed by atoms with Crippen LogP contribution in [-0.2, 0) is 25.6 Å². The number of nitrogens with one attached hydrogen (secondary N) is 3. The zero-order valence-corrected chi connectivity index (χ0v) is 31.2. The number of carbonyl (C=O) groups is 6. The average molecular weight is 752 g/mol. The van der Waals surface area contributed by atoms with Crippen LogP contribution in [0.3, 0.4) is 0 Å². The van der Waals surface area contributed by atoms with Gasteiger partial charge < -0.3 is 26.3 Å². The lowest BCUT2D eigenvalue weighted by atomic mass is 9.85. The van der Waals surface area contributed by atoms with E-state index in [9.17, 15) is 28.8 Å². The molecule has 2 aliphatic rings. The summed E-state index contributed by atoms with van der Waals surface area (Å²) >= 11 is 0. The van der Waals surface area contributed by atoms with Crippen LogP contribution < -0.4 is 16.4 Å². The Bertz CT molecular complexity index is 2250. The molecule has 5 N–H and O–H groups in total. The lowest BCUT2D eigenvalue weighted by Crippen LogP contribution is -2.59. The SMILES string of the molecule is CC(=O)c1ccc2[nH]c(C(=O)N[C@H]3Cc4ccccc4[C@H]4CCC[C@@H](C(=O)N[C@@H](CCC(N)=O)C(=O)CC(c5ccccc5)c5ccccc5)N4C3=O)cc2c1. The Balaban J connectivity index is 1.15. The summed E-state index contributed by atoms with van der Waals surface area (Å²) in [5.74, 6) is -2.63. The Morgan fingerprint density at radius 3 is 2.21 bits per heavy atom. The lowest BCUT2D eigenvalue weighted by Gasteiger charge is -2.42. The fraction of sp³-hybridized carbons (Fsp3) is 0.289. The summed E-state index contributed by atoms with van der Waals surface area (Å²) in [5.41, 5.74) is 10.6. The number of H-pyrrole nitrogens is 1. The van der Waals surface area contributed by atoms with Crippen molar-refractivity contribution in [3.05, 3.63) is 143 Å². The summed E-state index contributed by atoms with van der Waals surface area (Å²) < 4.78 is 0. The minimum atomic E-state index is -1.03. The largest absolute Gasteiger partial charge is 0.370 e. The Labute approximate surface area is 325 Å². The van der Waals surface area contributed by atoms with E-state index < -0.39 is 47.8 Å². The number of benzene rings is 4. The fourth-order valence-corrected chi connectivity index (χ4v) is 8.24. The normalized spacial score (nSPS) is 18.4. The predicted octanol–water partition coefficient (Wildman–Crippen LogP) is 5.69. The molecule has 286 valence electrons. The van der Waals surface area contributed by atoms with Gasteiger partial charge in [-0.25, -0.2) is 0 Å². The number of amides is 4. The van der Waals surface area contributed by atoms with Crippen molar-refractivity contribution in [2.45, 2.75) is 82.0 Å². The van der Waals surface area contributed by atoms with Gasteiger partial charge in [0.2, 0.25) is 17.7 Å². The van der Waals surface area contributed by atoms with E-state index in [0.29, 0.717) is 35.7 Å². The number of Topliss-reactive ketones (excluding diaryl/α,β-unsaturated/α-hetero) is 2. The van der Waals surface area contributed by atoms with Crippen molar-refractivity contribution < 1.29 is 28.8 Å². The molecule has 1 fully saturated rings. The van der Waals surface area contributed by atoms with Crippen LogP contribution in [0, 0.1) is 0 Å². The van der Waals surface area contributed by atoms with E-state index >= 15 is 0 Å². The Hall–Kier alpha value is -6.36. The number of ketones is 2. The smallest absolute Gasteiger partial charge is 0.268 e. The third kappa shape index (κ3) is 8.17. The van der Waals surface area contributed by atoms with Crippen LogP contribution in [0.15, 0.2) is 109 Å². The molecule has 0 unspecified atom stereocenters. The third-order valence-corrected chi connectivity index (χ3v) is 11.1. The summed E-state index contributed by atoms with van der Waals surface area (Å²) in [6.07, 6.45) is 1.81. The second-order valence-electron chi connectivity index (χ2n) is 14.8. The molecule has 3 heterocycles. The summed E-state index contributed by atoms with van der Waals surface area (Å²) in [5, 5.41) is 6.57. The maximum Gasteiger partial charge on any atom is 0.268 e. The molecule has 5 aromatic rings. The van der Waals surface area contributed by atoms with Crippen LogP contribution >= 0.6 is 0 Å². The van der Waals surface area contributed by atoms with E-state index in [4.69, 9.17) is 5.73 Å². The van der Waals surface area contributed by atoms with Crippen molar-refractivity contribution in [2.24, 2.45) is 5.73 Å². The molecule has 11 nitrogen and oxygen atoms in total. The van der Waals surface area contributed by atoms with Crippen molar-refractivity contribution in [3.8, 4) is 0 Å². The lowest BCUT2D eigenvalue weighted by molar-refractivity contribution is -0.147. The number of hydrogen-bond donors (Lipinski definition) is 4. The van der Waals surface area contributed by atoms with Crippen LogP contribution in [0.2, 0.25) is 0 Å². The quantitative estimate of drug-likeness (QED) is 0.113. The summed E-state index contributed by atoms with van der Waals surface area (Å²) in [4.78, 5) is 85.7. The molecule has 0 bridgehead atoms. The molecule has 0 radical (unpaired) electrons. The maximum absolute atomic E-state index is 14.7. The molecule has 7 rings (SSSR count). The first-order chi connectivity index (χ1) is 27.1. The number of aromatic amines is 1. The third-order valence-electron chi connectivity index (χ3n) is 11.1. The van der Waals surface area contributed by atoms with E-state index in [-0.39, 0.29) is 48.9 Å². The van der Waals surface area contributed by atoms with Crippen molar-refractivity contribution >= 4 is 46.1 Å². The van der Waals surface area contributed by atoms with Gasteiger partial charge in [0.15, 0.2) is 11.6 Å². The zero-order valence-electron chi connectivity index (χ0n) is 31.2. The molecule has 2 aliphatic heterocycles. The number of rotatable bonds is 13. The van der Waals surface area contributed by atoms with Gasteiger partial charge in [0.25, 0.3) is 5.91 Å². The van der Waals surface area contributed by atoms with Gasteiger partial charge in [-0.2, -0.15) is 0 Å². The van der Waals surface area contributed by atoms with Gasteiger partial charge in [-0.15, -0.1) is 0 Å². The highest BCUT2D eigenvalue weighted by molar-refractivity contribution is 6.03. The maximum atomic E-state index is 14.7. The summed E-state index contributed by atoms with van der Waals surface area (Å²) in [6.45, 7) is 1.48. The first-order valence-corrected chi connectivity index (χ1v) is 19.1. The van der Waals surface area contributed by atoms with E-state index in [2.05, 4.69) is 15.6 Å². The number of piperidine rings is 1. The molecule has 0 spiro atoms. The van der Waals surface area contributed by atoms with Crippen molar-refractivity contribution in [2.75, 3.05) is 0 Å². The first-order valence-electron chi connectivity index (χ1n) is 19.1. The van der Waals surface area contributed by atoms with Gasteiger partial charge in [0, 0.05) is 41.6 Å². The molecule has 11 heteroatoms. The number of carbonyl (C=O) groups excluding carboxylic acids is 6. The Morgan fingerprint density at radius 1 is 0.857 bits per heavy atom. The van der Waals surface area contributed by atoms with Gasteiger partial charge in [-0.3, -0.25) is 28.8 Å². The Morgan fingerprint density at radius 2 is 1.54 bits per heavy atom. The molecule has 4 amide bonds. The van der Waals surface area contributed by atoms with E-state index in [1.807, 2.05) is 84.9 Å². The molecule has 4 aromatic carbocycles. The van der Waals surface area contributed by atoms with E-state index in [0.717, 1.165) is 22.3 Å². The van der Waals surface area contributed by atoms with Gasteiger partial charge in [-0.05, 0) is 79.1 Å². The highest BCUT2D eigenvalue weighted by atomic mass is 16.2. The topological polar surface area (TPSA) is 172 Å². The van der Waals surface area contributed by atoms with Crippen LogP contribution in [0.1, 0.15) is 101 Å². The van der Waals surface area contributed by atoms with Crippen molar-refractivity contribution in [3.63, 3.8) is 0 Å². The number of nitrogens with two attached hydrogens (primary N) is 1. The van der Waals surface area contributed by atoms with Gasteiger partial charge in [0.1, 0.15) is 17.8 Å². The number of nitrogens with zero attached hydrogens (tertiary/aromatic N) is 1. The minimum Gasteiger partial charge on any atom is -0.370 e. The van der Waals surface area contributed by atoms with E-state index in [1.165, 1.54) is 6.92 Å². The van der Waals surface area contributed by atoms with Crippen molar-refractivity contribution in [1.82, 2.24) is 20.5 Å². The monoisotopic (exact) mass is 751 g/mol. The highest BCUT2D eigenvalue weighted by Gasteiger charge is 2.45.